The zero-order chi connectivity index (χ0) is 26.5. The van der Waals surface area contributed by atoms with E-state index in [1.54, 1.807) is 13.0 Å². The number of hydrogen-bond donors (Lipinski definition) is 4. The summed E-state index contributed by atoms with van der Waals surface area (Å²) in [4.78, 5) is 13.1. The normalized spacial score (nSPS) is 42.7. The molecule has 0 aromatic heterocycles. The van der Waals surface area contributed by atoms with E-state index in [1.165, 1.54) is 38.5 Å². The highest BCUT2D eigenvalue weighted by Gasteiger charge is 2.84. The summed E-state index contributed by atoms with van der Waals surface area (Å²) in [5, 5.41) is 46.2. The smallest absolute Gasteiger partial charge is 0.190 e. The lowest BCUT2D eigenvalue weighted by Crippen LogP contribution is -2.65. The van der Waals surface area contributed by atoms with Gasteiger partial charge < -0.3 is 25.2 Å². The van der Waals surface area contributed by atoms with E-state index in [4.69, 9.17) is 4.74 Å². The van der Waals surface area contributed by atoms with Crippen molar-refractivity contribution in [1.82, 2.24) is 0 Å². The van der Waals surface area contributed by atoms with Crippen molar-refractivity contribution in [2.75, 3.05) is 13.2 Å². The Kier molecular flexibility index (Phi) is 7.71. The molecule has 0 spiro atoms. The molecular formula is C30H48O6. The van der Waals surface area contributed by atoms with Crippen molar-refractivity contribution in [3.63, 3.8) is 0 Å². The number of carbonyl (C=O) groups is 1. The molecule has 0 radical (unpaired) electrons. The molecule has 0 unspecified atom stereocenters. The number of Topliss-reactive ketones (excluding diaryl/α,β-unsaturated/α-hetero) is 1. The molecule has 0 heterocycles. The van der Waals surface area contributed by atoms with Crippen molar-refractivity contribution in [3.8, 4) is 0 Å². The van der Waals surface area contributed by atoms with Gasteiger partial charge in [-0.05, 0) is 24.5 Å². The highest BCUT2D eigenvalue weighted by molar-refractivity contribution is 6.04. The van der Waals surface area contributed by atoms with Gasteiger partial charge in [0.25, 0.3) is 0 Å². The third-order valence-electron chi connectivity index (χ3n) is 10.3. The van der Waals surface area contributed by atoms with E-state index < -0.39 is 46.1 Å². The Morgan fingerprint density at radius 3 is 2.22 bits per heavy atom. The first-order chi connectivity index (χ1) is 16.9. The van der Waals surface area contributed by atoms with E-state index in [-0.39, 0.29) is 24.7 Å². The minimum absolute atomic E-state index is 0.0122. The van der Waals surface area contributed by atoms with Crippen molar-refractivity contribution in [2.45, 2.75) is 115 Å². The van der Waals surface area contributed by atoms with Gasteiger partial charge in [0.15, 0.2) is 5.78 Å². The molecule has 36 heavy (non-hydrogen) atoms. The Labute approximate surface area is 216 Å². The zero-order valence-electron chi connectivity index (χ0n) is 22.9. The molecule has 6 nitrogen and oxygen atoms in total. The molecule has 0 saturated heterocycles. The van der Waals surface area contributed by atoms with Crippen LogP contribution in [0, 0.1) is 29.1 Å². The molecule has 204 valence electrons. The number of rotatable bonds is 11. The maximum Gasteiger partial charge on any atom is 0.190 e. The zero-order valence-corrected chi connectivity index (χ0v) is 22.9. The van der Waals surface area contributed by atoms with Crippen LogP contribution in [0.4, 0.5) is 0 Å². The standard InChI is InChI=1S/C30H48O6/c1-6-7-8-9-10-11-12-13-14-36-26-20(3)29(34)22(24-27(4,5)30(24,26)35)16-21(18-31)17-28(33)23(29)15-19(2)25(28)32/h15-16,20,22-24,26,31,33-35H,6-14,17-18H2,1-5H3/t20-,22+,23-,24-,26-,28-,29-,30-/m1/s1. The van der Waals surface area contributed by atoms with Crippen molar-refractivity contribution in [2.24, 2.45) is 29.1 Å². The Balaban J connectivity index is 1.56. The maximum atomic E-state index is 13.1. The molecule has 2 saturated carbocycles. The van der Waals surface area contributed by atoms with E-state index >= 15 is 0 Å². The fourth-order valence-corrected chi connectivity index (χ4v) is 8.13. The van der Waals surface area contributed by atoms with Crippen LogP contribution in [0.1, 0.15) is 92.4 Å². The van der Waals surface area contributed by atoms with Crippen LogP contribution in [0.15, 0.2) is 23.3 Å². The Morgan fingerprint density at radius 1 is 1.00 bits per heavy atom. The molecule has 4 aliphatic rings. The van der Waals surface area contributed by atoms with E-state index in [9.17, 15) is 25.2 Å². The third kappa shape index (κ3) is 3.98. The van der Waals surface area contributed by atoms with E-state index in [0.717, 1.165) is 12.8 Å². The van der Waals surface area contributed by atoms with Crippen LogP contribution in [0.3, 0.4) is 0 Å². The number of aliphatic hydroxyl groups is 4. The molecule has 2 fully saturated rings. The average molecular weight is 505 g/mol. The number of unbranched alkanes of at least 4 members (excludes halogenated alkanes) is 7. The van der Waals surface area contributed by atoms with Crippen LogP contribution in [0.5, 0.6) is 0 Å². The number of carbonyl (C=O) groups excluding carboxylic acids is 1. The minimum Gasteiger partial charge on any atom is -0.392 e. The van der Waals surface area contributed by atoms with Gasteiger partial charge in [-0.2, -0.15) is 0 Å². The van der Waals surface area contributed by atoms with Gasteiger partial charge in [0, 0.05) is 42.1 Å². The van der Waals surface area contributed by atoms with Crippen molar-refractivity contribution in [3.05, 3.63) is 23.3 Å². The number of hydrogen-bond acceptors (Lipinski definition) is 6. The summed E-state index contributed by atoms with van der Waals surface area (Å²) in [7, 11) is 0. The van der Waals surface area contributed by atoms with Crippen molar-refractivity contribution in [1.29, 1.82) is 0 Å². The second-order valence-electron chi connectivity index (χ2n) is 12.7. The van der Waals surface area contributed by atoms with Gasteiger partial charge in [0.1, 0.15) is 11.2 Å². The highest BCUT2D eigenvalue weighted by Crippen LogP contribution is 2.75. The minimum atomic E-state index is -1.80. The molecule has 0 bridgehead atoms. The molecule has 0 aliphatic heterocycles. The number of aliphatic hydroxyl groups excluding tert-OH is 1. The van der Waals surface area contributed by atoms with E-state index in [0.29, 0.717) is 17.8 Å². The largest absolute Gasteiger partial charge is 0.392 e. The molecule has 8 atom stereocenters. The predicted molar refractivity (Wildman–Crippen MR) is 139 cm³/mol. The van der Waals surface area contributed by atoms with Gasteiger partial charge >= 0.3 is 0 Å². The van der Waals surface area contributed by atoms with Crippen LogP contribution >= 0.6 is 0 Å². The molecule has 4 aliphatic carbocycles. The summed E-state index contributed by atoms with van der Waals surface area (Å²) >= 11 is 0. The van der Waals surface area contributed by atoms with Gasteiger partial charge in [0.05, 0.1) is 18.3 Å². The lowest BCUT2D eigenvalue weighted by molar-refractivity contribution is -0.221. The quantitative estimate of drug-likeness (QED) is 0.249. The fraction of sp³-hybridized carbons (Fsp3) is 0.833. The van der Waals surface area contributed by atoms with Gasteiger partial charge in [0.2, 0.25) is 0 Å². The lowest BCUT2D eigenvalue weighted by Gasteiger charge is -2.53. The van der Waals surface area contributed by atoms with Gasteiger partial charge in [-0.3, -0.25) is 4.79 Å². The first-order valence-corrected chi connectivity index (χ1v) is 14.2. The molecule has 6 heteroatoms. The van der Waals surface area contributed by atoms with Gasteiger partial charge in [-0.25, -0.2) is 0 Å². The maximum absolute atomic E-state index is 13.1. The van der Waals surface area contributed by atoms with Crippen LogP contribution in [-0.4, -0.2) is 62.3 Å². The van der Waals surface area contributed by atoms with Crippen LogP contribution < -0.4 is 0 Å². The summed E-state index contributed by atoms with van der Waals surface area (Å²) in [6, 6.07) is 0. The first kappa shape index (κ1) is 28.0. The number of ether oxygens (including phenoxy) is 1. The summed E-state index contributed by atoms with van der Waals surface area (Å²) in [6.45, 7) is 10.0. The lowest BCUT2D eigenvalue weighted by atomic mass is 9.59. The SMILES string of the molecule is CCCCCCCCCCO[C@@H]1[C@@H](C)[C@@]2(O)[C@@H](C=C(CO)C[C@]3(O)C(=O)C(C)=C[C@@H]23)[C@@H]2C(C)(C)[C@]12O. The Bertz CT molecular complexity index is 907. The summed E-state index contributed by atoms with van der Waals surface area (Å²) in [5.41, 5.74) is -3.95. The van der Waals surface area contributed by atoms with Crippen LogP contribution in [0.2, 0.25) is 0 Å². The van der Waals surface area contributed by atoms with Crippen molar-refractivity contribution >= 4 is 5.78 Å². The van der Waals surface area contributed by atoms with Crippen molar-refractivity contribution < 1.29 is 30.0 Å². The molecule has 4 rings (SSSR count). The second kappa shape index (κ2) is 9.92. The van der Waals surface area contributed by atoms with E-state index in [1.807, 2.05) is 26.8 Å². The average Bonchev–Trinajstić information content (AvgIpc) is 3.22. The van der Waals surface area contributed by atoms with Crippen LogP contribution in [-0.2, 0) is 9.53 Å². The molecule has 0 aromatic rings. The van der Waals surface area contributed by atoms with E-state index in [2.05, 4.69) is 6.92 Å². The highest BCUT2D eigenvalue weighted by atomic mass is 16.5. The predicted octanol–water partition coefficient (Wildman–Crippen LogP) is 4.10. The topological polar surface area (TPSA) is 107 Å². The third-order valence-corrected chi connectivity index (χ3v) is 10.3. The Hall–Kier alpha value is -1.05. The van der Waals surface area contributed by atoms with Gasteiger partial charge in [-0.1, -0.05) is 84.8 Å². The fourth-order valence-electron chi connectivity index (χ4n) is 8.13. The molecule has 0 aromatic carbocycles. The summed E-state index contributed by atoms with van der Waals surface area (Å²) in [6.07, 6.45) is 12.4. The summed E-state index contributed by atoms with van der Waals surface area (Å²) in [5.74, 6) is -2.55. The molecular weight excluding hydrogens is 456 g/mol. The second-order valence-corrected chi connectivity index (χ2v) is 12.7. The number of fused-ring (bicyclic) bond motifs is 5. The van der Waals surface area contributed by atoms with Crippen LogP contribution in [0.25, 0.3) is 0 Å². The Morgan fingerprint density at radius 2 is 1.61 bits per heavy atom. The first-order valence-electron chi connectivity index (χ1n) is 14.2. The van der Waals surface area contributed by atoms with Gasteiger partial charge in [-0.15, -0.1) is 0 Å². The monoisotopic (exact) mass is 504 g/mol. The summed E-state index contributed by atoms with van der Waals surface area (Å²) < 4.78 is 6.41. The molecule has 0 amide bonds. The molecule has 4 N–H and O–H groups in total. The number of ketones is 1.